The summed E-state index contributed by atoms with van der Waals surface area (Å²) in [6.45, 7) is 0.929. The molecule has 6 rings (SSSR count). The van der Waals surface area contributed by atoms with Gasteiger partial charge < -0.3 is 15.0 Å². The van der Waals surface area contributed by atoms with Crippen molar-refractivity contribution >= 4 is 22.4 Å². The van der Waals surface area contributed by atoms with Crippen molar-refractivity contribution in [1.82, 2.24) is 10.3 Å². The molecule has 1 aromatic heterocycles. The van der Waals surface area contributed by atoms with Crippen LogP contribution in [0.4, 0.5) is 0 Å². The highest BCUT2D eigenvalue weighted by atomic mass is 35.5. The zero-order valence-electron chi connectivity index (χ0n) is 18.1. The van der Waals surface area contributed by atoms with E-state index in [2.05, 4.69) is 40.6 Å². The third kappa shape index (κ3) is 3.64. The van der Waals surface area contributed by atoms with Gasteiger partial charge in [-0.1, -0.05) is 41.9 Å². The number of halogens is 1. The number of ether oxygens (including phenoxy) is 1. The van der Waals surface area contributed by atoms with E-state index in [1.54, 1.807) is 12.3 Å². The molecule has 2 N–H and O–H groups in total. The van der Waals surface area contributed by atoms with Gasteiger partial charge in [0.2, 0.25) is 0 Å². The molecule has 2 aromatic carbocycles. The molecule has 3 aliphatic rings. The highest BCUT2D eigenvalue weighted by molar-refractivity contribution is 6.32. The molecule has 3 fully saturated rings. The SMILES string of the molecule is O=c1[nH]ccc2cc(OC34CCC(NCc5ccccc5)C5CC(CC5C3)C4)c(Cl)cc12. The summed E-state index contributed by atoms with van der Waals surface area (Å²) in [4.78, 5) is 14.9. The number of hydrogen-bond donors (Lipinski definition) is 2. The molecule has 5 unspecified atom stereocenters. The van der Waals surface area contributed by atoms with Crippen LogP contribution in [0, 0.1) is 17.8 Å². The monoisotopic (exact) mass is 448 g/mol. The van der Waals surface area contributed by atoms with Gasteiger partial charge in [-0.3, -0.25) is 4.79 Å². The molecular weight excluding hydrogens is 420 g/mol. The number of hydrogen-bond acceptors (Lipinski definition) is 3. The minimum Gasteiger partial charge on any atom is -0.486 e. The van der Waals surface area contributed by atoms with Crippen molar-refractivity contribution in [1.29, 1.82) is 0 Å². The van der Waals surface area contributed by atoms with E-state index >= 15 is 0 Å². The Kier molecular flexibility index (Phi) is 5.03. The van der Waals surface area contributed by atoms with Crippen LogP contribution in [-0.2, 0) is 6.54 Å². The summed E-state index contributed by atoms with van der Waals surface area (Å²) in [6.07, 6.45) is 8.73. The van der Waals surface area contributed by atoms with Crippen molar-refractivity contribution in [2.45, 2.75) is 56.7 Å². The lowest BCUT2D eigenvalue weighted by molar-refractivity contribution is -0.000608. The van der Waals surface area contributed by atoms with E-state index < -0.39 is 0 Å². The van der Waals surface area contributed by atoms with Crippen molar-refractivity contribution in [3.05, 3.63) is 75.7 Å². The van der Waals surface area contributed by atoms with Crippen LogP contribution in [0.1, 0.15) is 44.1 Å². The van der Waals surface area contributed by atoms with Gasteiger partial charge in [0.05, 0.1) is 5.02 Å². The van der Waals surface area contributed by atoms with Crippen LogP contribution in [0.3, 0.4) is 0 Å². The Morgan fingerprint density at radius 2 is 2.00 bits per heavy atom. The molecule has 0 saturated heterocycles. The molecule has 5 atom stereocenters. The molecular formula is C27H29ClN2O2. The quantitative estimate of drug-likeness (QED) is 0.527. The summed E-state index contributed by atoms with van der Waals surface area (Å²) in [6, 6.07) is 16.9. The second-order valence-corrected chi connectivity index (χ2v) is 10.6. The minimum absolute atomic E-state index is 0.116. The van der Waals surface area contributed by atoms with Crippen molar-refractivity contribution in [2.75, 3.05) is 0 Å². The second-order valence-electron chi connectivity index (χ2n) is 10.1. The summed E-state index contributed by atoms with van der Waals surface area (Å²) in [5.74, 6) is 2.91. The molecule has 3 aliphatic carbocycles. The smallest absolute Gasteiger partial charge is 0.255 e. The van der Waals surface area contributed by atoms with Crippen LogP contribution in [-0.4, -0.2) is 16.6 Å². The number of nitrogens with one attached hydrogen (secondary N) is 2. The topological polar surface area (TPSA) is 54.1 Å². The van der Waals surface area contributed by atoms with E-state index in [4.69, 9.17) is 16.3 Å². The molecule has 3 saturated carbocycles. The fourth-order valence-electron chi connectivity index (χ4n) is 6.83. The van der Waals surface area contributed by atoms with Crippen LogP contribution in [0.2, 0.25) is 5.02 Å². The number of benzene rings is 2. The summed E-state index contributed by atoms with van der Waals surface area (Å²) < 4.78 is 6.81. The van der Waals surface area contributed by atoms with Crippen LogP contribution < -0.4 is 15.6 Å². The minimum atomic E-state index is -0.149. The molecule has 0 radical (unpaired) electrons. The molecule has 0 amide bonds. The standard InChI is InChI=1S/C27H29ClN2O2/c28-23-13-22-19(7-9-29-26(22)31)12-25(23)32-27-8-6-24(30-16-17-4-2-1-3-5-17)21-11-18(14-27)10-20(21)15-27/h1-5,7,9,12-13,18,20-21,24,30H,6,8,10-11,14-16H2,(H,29,31). The number of H-pyrrole nitrogens is 1. The number of aromatic nitrogens is 1. The summed E-state index contributed by atoms with van der Waals surface area (Å²) in [7, 11) is 0. The van der Waals surface area contributed by atoms with Crippen LogP contribution in [0.15, 0.2) is 59.5 Å². The van der Waals surface area contributed by atoms with E-state index in [1.807, 2.05) is 12.1 Å². The molecule has 4 nitrogen and oxygen atoms in total. The fraction of sp³-hybridized carbons (Fsp3) is 0.444. The van der Waals surface area contributed by atoms with Gasteiger partial charge in [-0.05, 0) is 85.4 Å². The Bertz CT molecular complexity index is 1190. The Morgan fingerprint density at radius 3 is 2.88 bits per heavy atom. The van der Waals surface area contributed by atoms with Crippen molar-refractivity contribution < 1.29 is 4.74 Å². The van der Waals surface area contributed by atoms with Crippen LogP contribution >= 0.6 is 11.6 Å². The van der Waals surface area contributed by atoms with E-state index in [1.165, 1.54) is 18.4 Å². The number of rotatable bonds is 5. The lowest BCUT2D eigenvalue weighted by atomic mass is 9.76. The van der Waals surface area contributed by atoms with E-state index in [-0.39, 0.29) is 11.2 Å². The zero-order chi connectivity index (χ0) is 21.7. The Balaban J connectivity index is 1.25. The molecule has 0 spiro atoms. The molecule has 3 bridgehead atoms. The van der Waals surface area contributed by atoms with E-state index in [0.717, 1.165) is 55.2 Å². The van der Waals surface area contributed by atoms with Gasteiger partial charge in [-0.25, -0.2) is 0 Å². The number of fused-ring (bicyclic) bond motifs is 3. The Hall–Kier alpha value is -2.30. The van der Waals surface area contributed by atoms with Gasteiger partial charge in [0.25, 0.3) is 5.56 Å². The average molecular weight is 449 g/mol. The molecule has 5 heteroatoms. The second kappa shape index (κ2) is 7.93. The first-order valence-corrected chi connectivity index (χ1v) is 12.2. The van der Waals surface area contributed by atoms with E-state index in [9.17, 15) is 4.79 Å². The summed E-state index contributed by atoms with van der Waals surface area (Å²) >= 11 is 6.61. The summed E-state index contributed by atoms with van der Waals surface area (Å²) in [5, 5.41) is 5.90. The maximum atomic E-state index is 12.1. The Morgan fingerprint density at radius 1 is 1.12 bits per heavy atom. The van der Waals surface area contributed by atoms with Gasteiger partial charge >= 0.3 is 0 Å². The largest absolute Gasteiger partial charge is 0.486 e. The molecule has 0 aliphatic heterocycles. The molecule has 166 valence electrons. The fourth-order valence-corrected chi connectivity index (χ4v) is 7.03. The van der Waals surface area contributed by atoms with Gasteiger partial charge in [0.1, 0.15) is 11.4 Å². The molecule has 1 heterocycles. The maximum absolute atomic E-state index is 12.1. The lowest BCUT2D eigenvalue weighted by Gasteiger charge is -2.40. The number of pyridine rings is 1. The first-order valence-electron chi connectivity index (χ1n) is 11.9. The first kappa shape index (κ1) is 20.3. The predicted molar refractivity (Wildman–Crippen MR) is 128 cm³/mol. The normalized spacial score (nSPS) is 31.0. The molecule has 3 aromatic rings. The van der Waals surface area contributed by atoms with E-state index in [0.29, 0.717) is 22.4 Å². The highest BCUT2D eigenvalue weighted by Crippen LogP contribution is 2.56. The predicted octanol–water partition coefficient (Wildman–Crippen LogP) is 5.69. The van der Waals surface area contributed by atoms with Crippen molar-refractivity contribution in [3.63, 3.8) is 0 Å². The third-order valence-corrected chi connectivity index (χ3v) is 8.43. The average Bonchev–Trinajstić information content (AvgIpc) is 3.05. The molecule has 32 heavy (non-hydrogen) atoms. The van der Waals surface area contributed by atoms with Gasteiger partial charge in [0, 0.05) is 24.2 Å². The van der Waals surface area contributed by atoms with Crippen LogP contribution in [0.25, 0.3) is 10.8 Å². The Labute approximate surface area is 193 Å². The van der Waals surface area contributed by atoms with Gasteiger partial charge in [-0.15, -0.1) is 0 Å². The third-order valence-electron chi connectivity index (χ3n) is 8.13. The van der Waals surface area contributed by atoms with Gasteiger partial charge in [0.15, 0.2) is 0 Å². The van der Waals surface area contributed by atoms with Crippen molar-refractivity contribution in [3.8, 4) is 5.75 Å². The summed E-state index contributed by atoms with van der Waals surface area (Å²) in [5.41, 5.74) is 1.08. The number of aromatic amines is 1. The maximum Gasteiger partial charge on any atom is 0.255 e. The van der Waals surface area contributed by atoms with Crippen LogP contribution in [0.5, 0.6) is 5.75 Å². The van der Waals surface area contributed by atoms with Gasteiger partial charge in [-0.2, -0.15) is 0 Å². The highest BCUT2D eigenvalue weighted by Gasteiger charge is 2.53. The van der Waals surface area contributed by atoms with Crippen molar-refractivity contribution in [2.24, 2.45) is 17.8 Å². The first-order chi connectivity index (χ1) is 15.6. The zero-order valence-corrected chi connectivity index (χ0v) is 18.9. The lowest BCUT2D eigenvalue weighted by Crippen LogP contribution is -2.42.